The van der Waals surface area contributed by atoms with Crippen molar-refractivity contribution in [1.82, 2.24) is 4.90 Å². The van der Waals surface area contributed by atoms with Gasteiger partial charge in [0, 0.05) is 23.2 Å². The van der Waals surface area contributed by atoms with Gasteiger partial charge in [0.1, 0.15) is 0 Å². The van der Waals surface area contributed by atoms with Crippen LogP contribution in [0.25, 0.3) is 0 Å². The fourth-order valence-corrected chi connectivity index (χ4v) is 3.01. The van der Waals surface area contributed by atoms with Crippen LogP contribution < -0.4 is 0 Å². The van der Waals surface area contributed by atoms with E-state index in [-0.39, 0.29) is 24.3 Å². The summed E-state index contributed by atoms with van der Waals surface area (Å²) in [5.41, 5.74) is 0.240. The van der Waals surface area contributed by atoms with Crippen molar-refractivity contribution >= 4 is 17.2 Å². The van der Waals surface area contributed by atoms with Crippen LogP contribution in [0.15, 0.2) is 30.3 Å². The second-order valence-corrected chi connectivity index (χ2v) is 6.35. The van der Waals surface area contributed by atoms with Crippen molar-refractivity contribution in [2.24, 2.45) is 0 Å². The van der Waals surface area contributed by atoms with E-state index in [2.05, 4.69) is 0 Å². The van der Waals surface area contributed by atoms with Crippen LogP contribution in [0, 0.1) is 18.6 Å². The van der Waals surface area contributed by atoms with E-state index in [1.807, 2.05) is 19.1 Å². The topological polar surface area (TPSA) is 20.3 Å². The third-order valence-electron chi connectivity index (χ3n) is 3.25. The highest BCUT2D eigenvalue weighted by Crippen LogP contribution is 2.18. The molecule has 21 heavy (non-hydrogen) atoms. The molecule has 1 amide bonds. The average molecular weight is 309 g/mol. The van der Waals surface area contributed by atoms with Crippen LogP contribution in [0.5, 0.6) is 0 Å². The van der Waals surface area contributed by atoms with Gasteiger partial charge in [-0.15, -0.1) is 11.3 Å². The Balaban J connectivity index is 1.90. The molecule has 0 saturated carbocycles. The van der Waals surface area contributed by atoms with Crippen molar-refractivity contribution in [3.63, 3.8) is 0 Å². The molecule has 0 radical (unpaired) electrons. The normalized spacial score (nSPS) is 10.7. The van der Waals surface area contributed by atoms with Gasteiger partial charge in [-0.1, -0.05) is 12.1 Å². The summed E-state index contributed by atoms with van der Waals surface area (Å²) in [5.74, 6) is -1.81. The minimum absolute atomic E-state index is 0.0790. The maximum atomic E-state index is 13.5. The third-order valence-corrected chi connectivity index (χ3v) is 4.24. The number of amides is 1. The molecule has 2 aromatic rings. The quantitative estimate of drug-likeness (QED) is 0.819. The van der Waals surface area contributed by atoms with Crippen molar-refractivity contribution in [3.8, 4) is 0 Å². The Hall–Kier alpha value is -1.75. The first-order valence-electron chi connectivity index (χ1n) is 6.69. The Bertz CT molecular complexity index is 639. The third kappa shape index (κ3) is 4.11. The lowest BCUT2D eigenvalue weighted by Gasteiger charge is -2.16. The molecular formula is C16H17F2NOS. The van der Waals surface area contributed by atoms with Crippen molar-refractivity contribution in [2.45, 2.75) is 26.3 Å². The van der Waals surface area contributed by atoms with Crippen LogP contribution in [0.4, 0.5) is 8.78 Å². The van der Waals surface area contributed by atoms with Gasteiger partial charge in [0.2, 0.25) is 5.91 Å². The number of thiophene rings is 1. The molecule has 1 aromatic carbocycles. The van der Waals surface area contributed by atoms with Crippen molar-refractivity contribution in [3.05, 3.63) is 57.3 Å². The van der Waals surface area contributed by atoms with Gasteiger partial charge in [-0.05, 0) is 37.1 Å². The highest BCUT2D eigenvalue weighted by molar-refractivity contribution is 7.11. The first-order valence-corrected chi connectivity index (χ1v) is 7.51. The second-order valence-electron chi connectivity index (χ2n) is 4.98. The first-order chi connectivity index (χ1) is 9.97. The minimum atomic E-state index is -0.873. The van der Waals surface area contributed by atoms with Crippen LogP contribution in [0.1, 0.15) is 21.7 Å². The molecule has 0 N–H and O–H groups in total. The van der Waals surface area contributed by atoms with E-state index in [1.165, 1.54) is 17.0 Å². The maximum absolute atomic E-state index is 13.5. The van der Waals surface area contributed by atoms with E-state index in [0.717, 1.165) is 10.9 Å². The Labute approximate surface area is 127 Å². The molecule has 0 aliphatic rings. The zero-order valence-electron chi connectivity index (χ0n) is 12.0. The van der Waals surface area contributed by atoms with Gasteiger partial charge in [0.25, 0.3) is 0 Å². The summed E-state index contributed by atoms with van der Waals surface area (Å²) >= 11 is 1.65. The molecule has 0 aliphatic carbocycles. The lowest BCUT2D eigenvalue weighted by atomic mass is 10.1. The number of halogens is 2. The lowest BCUT2D eigenvalue weighted by molar-refractivity contribution is -0.130. The van der Waals surface area contributed by atoms with Crippen LogP contribution in [0.2, 0.25) is 0 Å². The first kappa shape index (κ1) is 15.6. The summed E-state index contributed by atoms with van der Waals surface area (Å²) in [6.45, 7) is 2.56. The summed E-state index contributed by atoms with van der Waals surface area (Å²) in [6.07, 6.45) is 0.372. The average Bonchev–Trinajstić information content (AvgIpc) is 2.85. The summed E-state index contributed by atoms with van der Waals surface area (Å²) in [6, 6.07) is 8.05. The van der Waals surface area contributed by atoms with Gasteiger partial charge in [-0.3, -0.25) is 4.79 Å². The molecule has 2 rings (SSSR count). The molecule has 0 atom stereocenters. The van der Waals surface area contributed by atoms with E-state index in [0.29, 0.717) is 6.54 Å². The van der Waals surface area contributed by atoms with E-state index >= 15 is 0 Å². The van der Waals surface area contributed by atoms with Crippen LogP contribution in [-0.2, 0) is 17.8 Å². The molecule has 1 aromatic heterocycles. The number of hydrogen-bond acceptors (Lipinski definition) is 2. The number of aryl methyl sites for hydroxylation is 2. The predicted octanol–water partition coefficient (Wildman–Crippen LogP) is 3.93. The fraction of sp³-hybridized carbons (Fsp3) is 0.312. The highest BCUT2D eigenvalue weighted by Gasteiger charge is 2.13. The second kappa shape index (κ2) is 6.80. The number of nitrogens with zero attached hydrogens (tertiary/aromatic N) is 1. The van der Waals surface area contributed by atoms with Gasteiger partial charge in [0.05, 0.1) is 6.54 Å². The largest absolute Gasteiger partial charge is 0.341 e. The van der Waals surface area contributed by atoms with E-state index in [4.69, 9.17) is 0 Å². The summed E-state index contributed by atoms with van der Waals surface area (Å²) < 4.78 is 26.6. The number of rotatable bonds is 5. The van der Waals surface area contributed by atoms with Gasteiger partial charge >= 0.3 is 0 Å². The smallest absolute Gasteiger partial charge is 0.222 e. The molecule has 0 fully saturated rings. The molecule has 2 nitrogen and oxygen atoms in total. The van der Waals surface area contributed by atoms with Gasteiger partial charge in [-0.2, -0.15) is 0 Å². The number of hydrogen-bond donors (Lipinski definition) is 0. The van der Waals surface area contributed by atoms with Gasteiger partial charge in [-0.25, -0.2) is 8.78 Å². The fourth-order valence-electron chi connectivity index (χ4n) is 2.07. The molecule has 1 heterocycles. The van der Waals surface area contributed by atoms with E-state index in [9.17, 15) is 13.6 Å². The Morgan fingerprint density at radius 1 is 1.24 bits per heavy atom. The molecule has 0 unspecified atom stereocenters. The number of carbonyl (C=O) groups excluding carboxylic acids is 1. The lowest BCUT2D eigenvalue weighted by Crippen LogP contribution is -2.26. The molecule has 0 aliphatic heterocycles. The van der Waals surface area contributed by atoms with Crippen LogP contribution in [-0.4, -0.2) is 17.9 Å². The molecule has 0 saturated heterocycles. The van der Waals surface area contributed by atoms with Gasteiger partial charge in [0.15, 0.2) is 11.6 Å². The minimum Gasteiger partial charge on any atom is -0.341 e. The Kier molecular flexibility index (Phi) is 5.07. The molecule has 112 valence electrons. The standard InChI is InChI=1S/C16H17F2NOS/c1-11-6-8-13(21-11)10-19(2)15(20)9-7-12-4-3-5-14(17)16(12)18/h3-6,8H,7,9-10H2,1-2H3. The molecule has 0 spiro atoms. The zero-order valence-corrected chi connectivity index (χ0v) is 12.8. The van der Waals surface area contributed by atoms with Crippen LogP contribution in [0.3, 0.4) is 0 Å². The SMILES string of the molecule is Cc1ccc(CN(C)C(=O)CCc2cccc(F)c2F)s1. The Morgan fingerprint density at radius 2 is 2.00 bits per heavy atom. The molecule has 5 heteroatoms. The van der Waals surface area contributed by atoms with E-state index < -0.39 is 11.6 Å². The van der Waals surface area contributed by atoms with Crippen molar-refractivity contribution in [2.75, 3.05) is 7.05 Å². The summed E-state index contributed by atoms with van der Waals surface area (Å²) in [5, 5.41) is 0. The molecular weight excluding hydrogens is 292 g/mol. The van der Waals surface area contributed by atoms with Crippen LogP contribution >= 0.6 is 11.3 Å². The number of benzene rings is 1. The Morgan fingerprint density at radius 3 is 2.67 bits per heavy atom. The predicted molar refractivity (Wildman–Crippen MR) is 80.2 cm³/mol. The highest BCUT2D eigenvalue weighted by atomic mass is 32.1. The van der Waals surface area contributed by atoms with Crippen molar-refractivity contribution < 1.29 is 13.6 Å². The van der Waals surface area contributed by atoms with Gasteiger partial charge < -0.3 is 4.90 Å². The maximum Gasteiger partial charge on any atom is 0.222 e. The summed E-state index contributed by atoms with van der Waals surface area (Å²) in [4.78, 5) is 16.0. The molecule has 0 bridgehead atoms. The van der Waals surface area contributed by atoms with E-state index in [1.54, 1.807) is 23.3 Å². The zero-order chi connectivity index (χ0) is 15.4. The number of carbonyl (C=O) groups is 1. The summed E-state index contributed by atoms with van der Waals surface area (Å²) in [7, 11) is 1.72. The monoisotopic (exact) mass is 309 g/mol. The van der Waals surface area contributed by atoms with Crippen molar-refractivity contribution in [1.29, 1.82) is 0 Å².